The third-order valence-electron chi connectivity index (χ3n) is 10.6. The van der Waals surface area contributed by atoms with Crippen LogP contribution >= 0.6 is 0 Å². The molecular formula is C50H36O4Si2. The summed E-state index contributed by atoms with van der Waals surface area (Å²) in [6.07, 6.45) is 0. The van der Waals surface area contributed by atoms with E-state index in [0.29, 0.717) is 22.6 Å². The summed E-state index contributed by atoms with van der Waals surface area (Å²) in [5.41, 5.74) is 1.11. The zero-order valence-corrected chi connectivity index (χ0v) is 32.4. The third kappa shape index (κ3) is 5.83. The summed E-state index contributed by atoms with van der Waals surface area (Å²) in [5, 5.41) is 6.11. The number of hydrogen-bond acceptors (Lipinski definition) is 4. The van der Waals surface area contributed by atoms with Crippen molar-refractivity contribution < 1.29 is 18.4 Å². The van der Waals surface area contributed by atoms with Crippen LogP contribution in [0.5, 0.6) is 11.5 Å². The minimum Gasteiger partial charge on any atom is -0.530 e. The lowest BCUT2D eigenvalue weighted by atomic mass is 9.83. The quantitative estimate of drug-likeness (QED) is 0.117. The molecule has 0 fully saturated rings. The van der Waals surface area contributed by atoms with Gasteiger partial charge in [-0.25, -0.2) is 0 Å². The zero-order valence-electron chi connectivity index (χ0n) is 30.4. The monoisotopic (exact) mass is 756 g/mol. The average Bonchev–Trinajstić information content (AvgIpc) is 3.28. The van der Waals surface area contributed by atoms with Gasteiger partial charge in [0.05, 0.1) is 11.1 Å². The lowest BCUT2D eigenvalue weighted by molar-refractivity contribution is 0.0976. The Balaban J connectivity index is 1.22. The van der Waals surface area contributed by atoms with Gasteiger partial charge in [-0.05, 0) is 43.3 Å². The molecule has 56 heavy (non-hydrogen) atoms. The number of benzene rings is 8. The molecule has 0 amide bonds. The molecule has 0 unspecified atom stereocenters. The van der Waals surface area contributed by atoms with Crippen LogP contribution in [0, 0.1) is 0 Å². The van der Waals surface area contributed by atoms with E-state index in [1.807, 2.05) is 133 Å². The highest BCUT2D eigenvalue weighted by molar-refractivity contribution is 7.08. The molecule has 0 atom stereocenters. The molecular weight excluding hydrogens is 721 g/mol. The molecule has 8 aromatic rings. The fraction of sp³-hybridized carbons (Fsp3) is 0. The SMILES string of the molecule is O=C1c2cccc(O[Si](c3ccccc3)(c3ccccc3)c3ccccc3)c2C(=O)c2cccc(O[Si](c3ccccc3)(c3ccccc3)c3ccccc3)c21. The Morgan fingerprint density at radius 1 is 0.268 bits per heavy atom. The van der Waals surface area contributed by atoms with E-state index in [9.17, 15) is 0 Å². The van der Waals surface area contributed by atoms with Crippen LogP contribution in [0.15, 0.2) is 218 Å². The molecule has 0 saturated carbocycles. The fourth-order valence-electron chi connectivity index (χ4n) is 8.07. The number of hydrogen-bond donors (Lipinski definition) is 0. The highest BCUT2D eigenvalue weighted by atomic mass is 28.4. The topological polar surface area (TPSA) is 52.6 Å². The normalized spacial score (nSPS) is 12.4. The summed E-state index contributed by atoms with van der Waals surface area (Å²) >= 11 is 0. The minimum absolute atomic E-state index is 0.263. The first kappa shape index (κ1) is 34.9. The molecule has 8 aromatic carbocycles. The molecule has 9 rings (SSSR count). The highest BCUT2D eigenvalue weighted by Gasteiger charge is 2.48. The smallest absolute Gasteiger partial charge is 0.346 e. The lowest BCUT2D eigenvalue weighted by Crippen LogP contribution is -2.71. The molecule has 0 spiro atoms. The molecule has 0 bridgehead atoms. The van der Waals surface area contributed by atoms with Crippen LogP contribution in [0.2, 0.25) is 0 Å². The summed E-state index contributed by atoms with van der Waals surface area (Å²) in [7, 11) is -6.61. The Kier molecular flexibility index (Phi) is 9.19. The molecule has 268 valence electrons. The largest absolute Gasteiger partial charge is 0.530 e. The van der Waals surface area contributed by atoms with Crippen LogP contribution in [0.25, 0.3) is 0 Å². The van der Waals surface area contributed by atoms with E-state index in [-0.39, 0.29) is 22.7 Å². The van der Waals surface area contributed by atoms with Crippen LogP contribution in [0.3, 0.4) is 0 Å². The molecule has 1 aliphatic carbocycles. The predicted octanol–water partition coefficient (Wildman–Crippen LogP) is 6.55. The second kappa shape index (κ2) is 14.8. The summed E-state index contributed by atoms with van der Waals surface area (Å²) in [4.78, 5) is 30.1. The maximum absolute atomic E-state index is 15.0. The molecule has 0 aliphatic heterocycles. The Morgan fingerprint density at radius 2 is 0.500 bits per heavy atom. The van der Waals surface area contributed by atoms with Crippen molar-refractivity contribution >= 4 is 59.3 Å². The van der Waals surface area contributed by atoms with E-state index in [2.05, 4.69) is 72.8 Å². The van der Waals surface area contributed by atoms with Crippen LogP contribution < -0.4 is 40.0 Å². The van der Waals surface area contributed by atoms with Crippen LogP contribution in [0.4, 0.5) is 0 Å². The zero-order chi connectivity index (χ0) is 38.0. The summed E-state index contributed by atoms with van der Waals surface area (Å²) in [6.45, 7) is 0. The number of carbonyl (C=O) groups excluding carboxylic acids is 2. The fourth-order valence-corrected chi connectivity index (χ4v) is 15.7. The van der Waals surface area contributed by atoms with Crippen molar-refractivity contribution in [3.8, 4) is 11.5 Å². The van der Waals surface area contributed by atoms with Crippen molar-refractivity contribution in [3.63, 3.8) is 0 Å². The Morgan fingerprint density at radius 3 is 0.732 bits per heavy atom. The van der Waals surface area contributed by atoms with Crippen molar-refractivity contribution in [1.82, 2.24) is 0 Å². The predicted molar refractivity (Wildman–Crippen MR) is 229 cm³/mol. The van der Waals surface area contributed by atoms with Gasteiger partial charge >= 0.3 is 16.6 Å². The van der Waals surface area contributed by atoms with Gasteiger partial charge in [-0.3, -0.25) is 9.59 Å². The average molecular weight is 757 g/mol. The van der Waals surface area contributed by atoms with Gasteiger partial charge in [-0.15, -0.1) is 0 Å². The molecule has 0 N–H and O–H groups in total. The first-order chi connectivity index (χ1) is 27.6. The second-order valence-corrected chi connectivity index (χ2v) is 20.4. The molecule has 0 heterocycles. The van der Waals surface area contributed by atoms with E-state index in [4.69, 9.17) is 8.85 Å². The molecule has 0 saturated heterocycles. The van der Waals surface area contributed by atoms with E-state index < -0.39 is 16.6 Å². The van der Waals surface area contributed by atoms with Gasteiger partial charge in [-0.1, -0.05) is 206 Å². The second-order valence-electron chi connectivity index (χ2n) is 13.8. The first-order valence-corrected chi connectivity index (χ1v) is 22.5. The number of rotatable bonds is 10. The van der Waals surface area contributed by atoms with E-state index in [1.54, 1.807) is 12.1 Å². The van der Waals surface area contributed by atoms with Gasteiger partial charge in [0.25, 0.3) is 0 Å². The third-order valence-corrected chi connectivity index (χ3v) is 18.5. The Labute approximate surface area is 328 Å². The van der Waals surface area contributed by atoms with Crippen molar-refractivity contribution in [1.29, 1.82) is 0 Å². The van der Waals surface area contributed by atoms with Gasteiger partial charge < -0.3 is 8.85 Å². The lowest BCUT2D eigenvalue weighted by Gasteiger charge is -2.36. The summed E-state index contributed by atoms with van der Waals surface area (Å²) in [6, 6.07) is 72.0. The molecule has 1 aliphatic rings. The van der Waals surface area contributed by atoms with Crippen molar-refractivity contribution in [2.75, 3.05) is 0 Å². The maximum atomic E-state index is 15.0. The van der Waals surface area contributed by atoms with Gasteiger partial charge in [0.15, 0.2) is 11.6 Å². The minimum atomic E-state index is -3.30. The van der Waals surface area contributed by atoms with Gasteiger partial charge in [-0.2, -0.15) is 0 Å². The van der Waals surface area contributed by atoms with Gasteiger partial charge in [0.1, 0.15) is 11.5 Å². The molecule has 0 radical (unpaired) electrons. The van der Waals surface area contributed by atoms with Crippen LogP contribution in [0.1, 0.15) is 31.8 Å². The molecule has 0 aromatic heterocycles. The van der Waals surface area contributed by atoms with Gasteiger partial charge in [0, 0.05) is 11.1 Å². The summed E-state index contributed by atoms with van der Waals surface area (Å²) < 4.78 is 14.8. The van der Waals surface area contributed by atoms with Crippen LogP contribution in [-0.4, -0.2) is 28.2 Å². The molecule has 4 nitrogen and oxygen atoms in total. The van der Waals surface area contributed by atoms with E-state index >= 15 is 9.59 Å². The number of fused-ring (bicyclic) bond motifs is 2. The van der Waals surface area contributed by atoms with Crippen molar-refractivity contribution in [2.24, 2.45) is 0 Å². The van der Waals surface area contributed by atoms with E-state index in [1.165, 1.54) is 0 Å². The maximum Gasteiger partial charge on any atom is 0.346 e. The van der Waals surface area contributed by atoms with Crippen molar-refractivity contribution in [2.45, 2.75) is 0 Å². The number of ketones is 2. The standard InChI is InChI=1S/C50H36O4Si2/c51-49-44-34-20-36-46(54-56(40-27-13-4-14-28-40,41-29-15-5-16-30-41)42-31-17-6-18-32-42)48(44)50(52)43-33-19-35-45(47(43)49)53-55(37-21-7-1-8-22-37,38-23-9-2-10-24-38)39-25-11-3-12-26-39/h1-36H. The molecule has 6 heteroatoms. The highest BCUT2D eigenvalue weighted by Crippen LogP contribution is 2.38. The summed E-state index contributed by atoms with van der Waals surface area (Å²) in [5.74, 6) is 0.198. The van der Waals surface area contributed by atoms with Gasteiger partial charge in [0.2, 0.25) is 0 Å². The van der Waals surface area contributed by atoms with Crippen molar-refractivity contribution in [3.05, 3.63) is 241 Å². The first-order valence-electron chi connectivity index (χ1n) is 18.7. The van der Waals surface area contributed by atoms with Crippen LogP contribution in [-0.2, 0) is 0 Å². The Hall–Kier alpha value is -6.87. The number of carbonyl (C=O) groups is 2. The van der Waals surface area contributed by atoms with E-state index in [0.717, 1.165) is 31.1 Å². The Bertz CT molecular complexity index is 2270.